The summed E-state index contributed by atoms with van der Waals surface area (Å²) in [6, 6.07) is 0. The molecule has 3 aliphatic heterocycles. The molecule has 3 aliphatic rings. The second kappa shape index (κ2) is 9.15. The monoisotopic (exact) mass is 434 g/mol. The lowest BCUT2D eigenvalue weighted by Gasteiger charge is -2.37. The van der Waals surface area contributed by atoms with E-state index < -0.39 is 47.7 Å². The number of rotatable bonds is 2. The minimum Gasteiger partial charge on any atom is -0.459 e. The summed E-state index contributed by atoms with van der Waals surface area (Å²) >= 11 is 0. The van der Waals surface area contributed by atoms with E-state index >= 15 is 0 Å². The molecule has 0 spiro atoms. The molecule has 3 rings (SSSR count). The number of esters is 3. The van der Waals surface area contributed by atoms with E-state index in [0.29, 0.717) is 18.4 Å². The Labute approximate surface area is 184 Å². The molecule has 0 aliphatic carbocycles. The Bertz CT molecular complexity index is 772. The Morgan fingerprint density at radius 2 is 1.81 bits per heavy atom. The molecule has 0 saturated carbocycles. The molecule has 2 bridgehead atoms. The Morgan fingerprint density at radius 3 is 2.45 bits per heavy atom. The largest absolute Gasteiger partial charge is 0.459 e. The first-order valence-corrected chi connectivity index (χ1v) is 11.1. The molecule has 3 heterocycles. The molecular weight excluding hydrogens is 400 g/mol. The first kappa shape index (κ1) is 23.5. The zero-order valence-corrected chi connectivity index (χ0v) is 19.0. The molecule has 7 atom stereocenters. The van der Waals surface area contributed by atoms with E-state index in [1.165, 1.54) is 13.8 Å². The molecule has 0 aromatic heterocycles. The Morgan fingerprint density at radius 1 is 1.13 bits per heavy atom. The minimum absolute atomic E-state index is 0.0375. The van der Waals surface area contributed by atoms with E-state index in [9.17, 15) is 14.4 Å². The van der Waals surface area contributed by atoms with Crippen LogP contribution in [0.15, 0.2) is 24.3 Å². The van der Waals surface area contributed by atoms with E-state index in [2.05, 4.69) is 13.2 Å². The third-order valence-electron chi connectivity index (χ3n) is 6.92. The third-order valence-corrected chi connectivity index (χ3v) is 6.92. The van der Waals surface area contributed by atoms with Crippen molar-refractivity contribution in [1.29, 1.82) is 0 Å². The van der Waals surface area contributed by atoms with Gasteiger partial charge in [0, 0.05) is 25.3 Å². The molecule has 3 saturated heterocycles. The minimum atomic E-state index is -0.716. The highest BCUT2D eigenvalue weighted by Crippen LogP contribution is 2.44. The average molecular weight is 435 g/mol. The van der Waals surface area contributed by atoms with Crippen LogP contribution in [0.1, 0.15) is 66.2 Å². The van der Waals surface area contributed by atoms with Gasteiger partial charge in [-0.1, -0.05) is 20.1 Å². The predicted octanol–water partition coefficient (Wildman–Crippen LogP) is 3.65. The van der Waals surface area contributed by atoms with Gasteiger partial charge in [-0.05, 0) is 56.9 Å². The van der Waals surface area contributed by atoms with Crippen molar-refractivity contribution in [2.24, 2.45) is 11.8 Å². The maximum atomic E-state index is 12.5. The number of hydrogen-bond donors (Lipinski definition) is 0. The smallest absolute Gasteiger partial charge is 0.334 e. The molecule has 7 heteroatoms. The zero-order valence-electron chi connectivity index (χ0n) is 19.0. The summed E-state index contributed by atoms with van der Waals surface area (Å²) in [4.78, 5) is 36.3. The number of ether oxygens (including phenoxy) is 4. The highest BCUT2D eigenvalue weighted by atomic mass is 16.6. The molecule has 31 heavy (non-hydrogen) atoms. The zero-order chi connectivity index (χ0) is 22.9. The maximum absolute atomic E-state index is 12.5. The summed E-state index contributed by atoms with van der Waals surface area (Å²) in [5, 5.41) is 0. The summed E-state index contributed by atoms with van der Waals surface area (Å²) < 4.78 is 23.4. The molecule has 3 fully saturated rings. The second-order valence-electron chi connectivity index (χ2n) is 9.40. The standard InChI is InChI=1S/C24H34O7/c1-13-8-7-9-14(2)21(29-17(5)26)22-18(15(3)23(27)30-22)12-20(28-16(4)25)24(6)11-10-19(13)31-24/h14,18-22H,1,3,7-12H2,2,4-6H3/t14-,18+,19-,20+,21+,22-,24+/m1/s1. The van der Waals surface area contributed by atoms with E-state index in [-0.39, 0.29) is 12.0 Å². The molecule has 0 unspecified atom stereocenters. The Balaban J connectivity index is 2.00. The predicted molar refractivity (Wildman–Crippen MR) is 113 cm³/mol. The summed E-state index contributed by atoms with van der Waals surface area (Å²) in [5.74, 6) is -1.84. The number of fused-ring (bicyclic) bond motifs is 3. The van der Waals surface area contributed by atoms with Crippen molar-refractivity contribution in [3.63, 3.8) is 0 Å². The van der Waals surface area contributed by atoms with Crippen molar-refractivity contribution in [1.82, 2.24) is 0 Å². The SMILES string of the molecule is C=C1CCC[C@@H](C)[C@H](OC(C)=O)[C@@H]2OC(=O)C(=C)[C@@H]2C[C@H](OC(C)=O)[C@]2(C)CC[C@H]1O2. The fourth-order valence-corrected chi connectivity index (χ4v) is 5.12. The first-order valence-electron chi connectivity index (χ1n) is 11.1. The highest BCUT2D eigenvalue weighted by molar-refractivity contribution is 5.91. The highest BCUT2D eigenvalue weighted by Gasteiger charge is 2.52. The van der Waals surface area contributed by atoms with Crippen molar-refractivity contribution in [2.45, 2.75) is 96.2 Å². The molecule has 0 aromatic rings. The van der Waals surface area contributed by atoms with Crippen LogP contribution in [0.3, 0.4) is 0 Å². The lowest BCUT2D eigenvalue weighted by molar-refractivity contribution is -0.173. The van der Waals surface area contributed by atoms with E-state index in [1.807, 2.05) is 13.8 Å². The molecule has 0 amide bonds. The van der Waals surface area contributed by atoms with Gasteiger partial charge in [0.2, 0.25) is 0 Å². The van der Waals surface area contributed by atoms with Crippen LogP contribution in [0.5, 0.6) is 0 Å². The molecule has 0 N–H and O–H groups in total. The first-order chi connectivity index (χ1) is 14.5. The summed E-state index contributed by atoms with van der Waals surface area (Å²) in [6.07, 6.45) is 2.26. The molecule has 0 aromatic carbocycles. The molecular formula is C24H34O7. The quantitative estimate of drug-likeness (QED) is 0.284. The molecule has 172 valence electrons. The summed E-state index contributed by atoms with van der Waals surface area (Å²) in [6.45, 7) is 14.8. The van der Waals surface area contributed by atoms with Gasteiger partial charge in [-0.15, -0.1) is 0 Å². The van der Waals surface area contributed by atoms with Crippen LogP contribution < -0.4 is 0 Å². The van der Waals surface area contributed by atoms with Gasteiger partial charge in [-0.3, -0.25) is 9.59 Å². The van der Waals surface area contributed by atoms with Gasteiger partial charge in [0.05, 0.1) is 6.10 Å². The van der Waals surface area contributed by atoms with Crippen molar-refractivity contribution in [2.75, 3.05) is 0 Å². The normalized spacial score (nSPS) is 38.9. The summed E-state index contributed by atoms with van der Waals surface area (Å²) in [7, 11) is 0. The van der Waals surface area contributed by atoms with Crippen LogP contribution in [-0.4, -0.2) is 47.9 Å². The maximum Gasteiger partial charge on any atom is 0.334 e. The average Bonchev–Trinajstić information content (AvgIpc) is 3.20. The Kier molecular flexibility index (Phi) is 6.94. The van der Waals surface area contributed by atoms with Crippen LogP contribution in [0.2, 0.25) is 0 Å². The topological polar surface area (TPSA) is 88.1 Å². The van der Waals surface area contributed by atoms with Gasteiger partial charge in [-0.25, -0.2) is 4.79 Å². The van der Waals surface area contributed by atoms with Crippen LogP contribution >= 0.6 is 0 Å². The van der Waals surface area contributed by atoms with Crippen molar-refractivity contribution in [3.8, 4) is 0 Å². The van der Waals surface area contributed by atoms with Crippen molar-refractivity contribution >= 4 is 17.9 Å². The lowest BCUT2D eigenvalue weighted by Crippen LogP contribution is -2.46. The van der Waals surface area contributed by atoms with Crippen LogP contribution in [-0.2, 0) is 33.3 Å². The van der Waals surface area contributed by atoms with Gasteiger partial charge in [0.1, 0.15) is 23.9 Å². The van der Waals surface area contributed by atoms with Gasteiger partial charge >= 0.3 is 17.9 Å². The number of carbonyl (C=O) groups excluding carboxylic acids is 3. The van der Waals surface area contributed by atoms with Crippen LogP contribution in [0, 0.1) is 11.8 Å². The Hall–Kier alpha value is -2.15. The van der Waals surface area contributed by atoms with E-state index in [4.69, 9.17) is 18.9 Å². The molecule has 7 nitrogen and oxygen atoms in total. The fourth-order valence-electron chi connectivity index (χ4n) is 5.12. The van der Waals surface area contributed by atoms with E-state index in [0.717, 1.165) is 31.3 Å². The fraction of sp³-hybridized carbons (Fsp3) is 0.708. The van der Waals surface area contributed by atoms with Crippen molar-refractivity contribution < 1.29 is 33.3 Å². The van der Waals surface area contributed by atoms with Gasteiger partial charge in [-0.2, -0.15) is 0 Å². The number of hydrogen-bond acceptors (Lipinski definition) is 7. The molecule has 0 radical (unpaired) electrons. The van der Waals surface area contributed by atoms with Crippen molar-refractivity contribution in [3.05, 3.63) is 24.3 Å². The third kappa shape index (κ3) is 5.03. The van der Waals surface area contributed by atoms with Crippen LogP contribution in [0.4, 0.5) is 0 Å². The lowest BCUT2D eigenvalue weighted by atomic mass is 9.79. The van der Waals surface area contributed by atoms with Gasteiger partial charge in [0.15, 0.2) is 0 Å². The van der Waals surface area contributed by atoms with Crippen LogP contribution in [0.25, 0.3) is 0 Å². The summed E-state index contributed by atoms with van der Waals surface area (Å²) in [5.41, 5.74) is 0.618. The van der Waals surface area contributed by atoms with Gasteiger partial charge in [0.25, 0.3) is 0 Å². The van der Waals surface area contributed by atoms with E-state index in [1.54, 1.807) is 0 Å². The van der Waals surface area contributed by atoms with Gasteiger partial charge < -0.3 is 18.9 Å². The number of carbonyl (C=O) groups is 3. The second-order valence-corrected chi connectivity index (χ2v) is 9.40.